The second-order valence-corrected chi connectivity index (χ2v) is 6.90. The fraction of sp³-hybridized carbons (Fsp3) is 0. The highest BCUT2D eigenvalue weighted by atomic mass is 35.5. The average molecular weight is 420 g/mol. The van der Waals surface area contributed by atoms with E-state index in [1.807, 2.05) is 0 Å². The molecule has 27 heavy (non-hydrogen) atoms. The van der Waals surface area contributed by atoms with Gasteiger partial charge < -0.3 is 10.6 Å². The number of benzene rings is 3. The predicted octanol–water partition coefficient (Wildman–Crippen LogP) is 6.15. The van der Waals surface area contributed by atoms with E-state index < -0.39 is 0 Å². The summed E-state index contributed by atoms with van der Waals surface area (Å²) in [7, 11) is 0. The minimum atomic E-state index is -0.363. The van der Waals surface area contributed by atoms with E-state index in [0.717, 1.165) is 0 Å². The van der Waals surface area contributed by atoms with Crippen molar-refractivity contribution in [2.75, 3.05) is 10.6 Å². The minimum absolute atomic E-state index is 0.327. The van der Waals surface area contributed by atoms with Gasteiger partial charge in [-0.2, -0.15) is 0 Å². The van der Waals surface area contributed by atoms with E-state index in [9.17, 15) is 9.59 Å². The molecular weight excluding hydrogens is 407 g/mol. The van der Waals surface area contributed by atoms with Gasteiger partial charge in [0.05, 0.1) is 10.7 Å². The third-order valence-electron chi connectivity index (χ3n) is 3.65. The van der Waals surface area contributed by atoms with Crippen molar-refractivity contribution in [3.05, 3.63) is 92.9 Å². The van der Waals surface area contributed by atoms with Crippen LogP contribution in [0.4, 0.5) is 11.4 Å². The molecule has 2 amide bonds. The summed E-state index contributed by atoms with van der Waals surface area (Å²) in [5.74, 6) is -0.690. The Balaban J connectivity index is 1.78. The van der Waals surface area contributed by atoms with Gasteiger partial charge in [0.15, 0.2) is 0 Å². The van der Waals surface area contributed by atoms with Crippen molar-refractivity contribution in [1.82, 2.24) is 0 Å². The molecule has 0 aliphatic rings. The van der Waals surface area contributed by atoms with Crippen molar-refractivity contribution in [1.29, 1.82) is 0 Å². The number of halogens is 3. The van der Waals surface area contributed by atoms with Crippen LogP contribution in [0.1, 0.15) is 20.7 Å². The summed E-state index contributed by atoms with van der Waals surface area (Å²) >= 11 is 18.0. The Morgan fingerprint density at radius 1 is 0.667 bits per heavy atom. The van der Waals surface area contributed by atoms with E-state index in [0.29, 0.717) is 37.6 Å². The molecule has 0 fully saturated rings. The van der Waals surface area contributed by atoms with Crippen molar-refractivity contribution in [2.24, 2.45) is 0 Å². The lowest BCUT2D eigenvalue weighted by Crippen LogP contribution is -2.14. The maximum Gasteiger partial charge on any atom is 0.255 e. The van der Waals surface area contributed by atoms with Crippen LogP contribution >= 0.6 is 34.8 Å². The molecule has 0 saturated heterocycles. The zero-order valence-corrected chi connectivity index (χ0v) is 16.1. The molecule has 0 spiro atoms. The Morgan fingerprint density at radius 2 is 1.22 bits per heavy atom. The highest BCUT2D eigenvalue weighted by Crippen LogP contribution is 2.27. The monoisotopic (exact) mass is 418 g/mol. The molecule has 3 aromatic rings. The number of amides is 2. The minimum Gasteiger partial charge on any atom is -0.322 e. The van der Waals surface area contributed by atoms with E-state index in [4.69, 9.17) is 34.8 Å². The van der Waals surface area contributed by atoms with Gasteiger partial charge in [0.1, 0.15) is 0 Å². The van der Waals surface area contributed by atoms with E-state index >= 15 is 0 Å². The molecule has 2 N–H and O–H groups in total. The fourth-order valence-electron chi connectivity index (χ4n) is 2.36. The summed E-state index contributed by atoms with van der Waals surface area (Å²) in [6, 6.07) is 17.9. The number of hydrogen-bond donors (Lipinski definition) is 2. The molecule has 0 atom stereocenters. The zero-order valence-electron chi connectivity index (χ0n) is 13.8. The van der Waals surface area contributed by atoms with Crippen LogP contribution in [0.25, 0.3) is 0 Å². The topological polar surface area (TPSA) is 58.2 Å². The first-order chi connectivity index (χ1) is 12.9. The van der Waals surface area contributed by atoms with Gasteiger partial charge >= 0.3 is 0 Å². The average Bonchev–Trinajstić information content (AvgIpc) is 2.64. The van der Waals surface area contributed by atoms with Gasteiger partial charge in [-0.15, -0.1) is 0 Å². The maximum absolute atomic E-state index is 12.4. The molecule has 7 heteroatoms. The van der Waals surface area contributed by atoms with Gasteiger partial charge in [0.2, 0.25) is 0 Å². The quantitative estimate of drug-likeness (QED) is 0.533. The number of nitrogens with one attached hydrogen (secondary N) is 2. The van der Waals surface area contributed by atoms with Crippen LogP contribution < -0.4 is 10.6 Å². The fourth-order valence-corrected chi connectivity index (χ4v) is 2.90. The molecule has 0 radical (unpaired) electrons. The smallest absolute Gasteiger partial charge is 0.255 e. The summed E-state index contributed by atoms with van der Waals surface area (Å²) in [6.45, 7) is 0. The van der Waals surface area contributed by atoms with Gasteiger partial charge in [0, 0.05) is 26.9 Å². The van der Waals surface area contributed by atoms with E-state index in [2.05, 4.69) is 10.6 Å². The lowest BCUT2D eigenvalue weighted by Gasteiger charge is -2.11. The van der Waals surface area contributed by atoms with Gasteiger partial charge in [0.25, 0.3) is 11.8 Å². The molecule has 4 nitrogen and oxygen atoms in total. The van der Waals surface area contributed by atoms with Crippen LogP contribution in [0.15, 0.2) is 66.7 Å². The molecule has 0 bridgehead atoms. The molecule has 136 valence electrons. The number of anilines is 2. The standard InChI is InChI=1S/C20H13Cl3N2O2/c21-14-5-1-3-12(9-14)19(26)24-16-7-8-17(23)18(11-16)25-20(27)13-4-2-6-15(22)10-13/h1-11H,(H,24,26)(H,25,27). The number of carbonyl (C=O) groups is 2. The first-order valence-corrected chi connectivity index (χ1v) is 8.99. The molecule has 3 aromatic carbocycles. The molecule has 0 saturated carbocycles. The lowest BCUT2D eigenvalue weighted by atomic mass is 10.2. The van der Waals surface area contributed by atoms with Crippen LogP contribution in [-0.2, 0) is 0 Å². The zero-order chi connectivity index (χ0) is 19.4. The van der Waals surface area contributed by atoms with Gasteiger partial charge in [-0.3, -0.25) is 9.59 Å². The highest BCUT2D eigenvalue weighted by Gasteiger charge is 2.12. The first kappa shape index (κ1) is 19.2. The summed E-state index contributed by atoms with van der Waals surface area (Å²) in [5, 5.41) is 6.72. The lowest BCUT2D eigenvalue weighted by molar-refractivity contribution is 0.101. The largest absolute Gasteiger partial charge is 0.322 e. The van der Waals surface area contributed by atoms with Crippen LogP contribution in [0.3, 0.4) is 0 Å². The Kier molecular flexibility index (Phi) is 6.01. The van der Waals surface area contributed by atoms with Gasteiger partial charge in [-0.25, -0.2) is 0 Å². The molecule has 0 aliphatic heterocycles. The predicted molar refractivity (Wildman–Crippen MR) is 110 cm³/mol. The molecular formula is C20H13Cl3N2O2. The number of hydrogen-bond acceptors (Lipinski definition) is 2. The van der Waals surface area contributed by atoms with Crippen molar-refractivity contribution in [2.45, 2.75) is 0 Å². The third kappa shape index (κ3) is 5.01. The van der Waals surface area contributed by atoms with E-state index in [-0.39, 0.29) is 11.8 Å². The van der Waals surface area contributed by atoms with Crippen molar-refractivity contribution < 1.29 is 9.59 Å². The first-order valence-electron chi connectivity index (χ1n) is 7.86. The summed E-state index contributed by atoms with van der Waals surface area (Å²) in [5.41, 5.74) is 1.66. The summed E-state index contributed by atoms with van der Waals surface area (Å²) in [6.07, 6.45) is 0. The highest BCUT2D eigenvalue weighted by molar-refractivity contribution is 6.34. The summed E-state index contributed by atoms with van der Waals surface area (Å²) in [4.78, 5) is 24.7. The van der Waals surface area contributed by atoms with Crippen molar-refractivity contribution in [3.8, 4) is 0 Å². The molecule has 0 aromatic heterocycles. The second kappa shape index (κ2) is 8.44. The van der Waals surface area contributed by atoms with Gasteiger partial charge in [-0.1, -0.05) is 46.9 Å². The molecule has 0 unspecified atom stereocenters. The Bertz CT molecular complexity index is 1020. The van der Waals surface area contributed by atoms with Crippen LogP contribution in [0, 0.1) is 0 Å². The third-order valence-corrected chi connectivity index (χ3v) is 4.45. The SMILES string of the molecule is O=C(Nc1ccc(Cl)c(NC(=O)c2cccc(Cl)c2)c1)c1cccc(Cl)c1. The summed E-state index contributed by atoms with van der Waals surface area (Å²) < 4.78 is 0. The molecule has 3 rings (SSSR count). The van der Waals surface area contributed by atoms with Crippen molar-refractivity contribution >= 4 is 58.0 Å². The number of rotatable bonds is 4. The van der Waals surface area contributed by atoms with Gasteiger partial charge in [-0.05, 0) is 54.6 Å². The maximum atomic E-state index is 12.4. The molecule has 0 aliphatic carbocycles. The number of carbonyl (C=O) groups excluding carboxylic acids is 2. The Morgan fingerprint density at radius 3 is 1.78 bits per heavy atom. The van der Waals surface area contributed by atoms with Crippen LogP contribution in [-0.4, -0.2) is 11.8 Å². The van der Waals surface area contributed by atoms with E-state index in [1.165, 1.54) is 0 Å². The Labute approximate surface area is 171 Å². The van der Waals surface area contributed by atoms with E-state index in [1.54, 1.807) is 66.7 Å². The van der Waals surface area contributed by atoms with Crippen LogP contribution in [0.2, 0.25) is 15.1 Å². The normalized spacial score (nSPS) is 10.3. The van der Waals surface area contributed by atoms with Crippen LogP contribution in [0.5, 0.6) is 0 Å². The second-order valence-electron chi connectivity index (χ2n) is 5.62. The molecule has 0 heterocycles. The Hall–Kier alpha value is -2.53. The van der Waals surface area contributed by atoms with Crippen molar-refractivity contribution in [3.63, 3.8) is 0 Å².